The average Bonchev–Trinajstić information content (AvgIpc) is 3.32. The third-order valence-electron chi connectivity index (χ3n) is 6.15. The van der Waals surface area contributed by atoms with E-state index in [1.54, 1.807) is 14.2 Å². The van der Waals surface area contributed by atoms with Crippen LogP contribution >= 0.6 is 0 Å². The molecule has 2 heterocycles. The van der Waals surface area contributed by atoms with Gasteiger partial charge in [0, 0.05) is 25.6 Å². The normalized spacial score (nSPS) is 23.0. The summed E-state index contributed by atoms with van der Waals surface area (Å²) in [6.45, 7) is 0.839. The Labute approximate surface area is 170 Å². The summed E-state index contributed by atoms with van der Waals surface area (Å²) in [5.41, 5.74) is 1.13. The molecule has 0 radical (unpaired) electrons. The Bertz CT molecular complexity index is 911. The molecular formula is C23H26N2O4. The first-order valence-electron chi connectivity index (χ1n) is 9.91. The first-order valence-corrected chi connectivity index (χ1v) is 9.91. The van der Waals surface area contributed by atoms with Crippen LogP contribution in [0.3, 0.4) is 0 Å². The lowest BCUT2D eigenvalue weighted by Gasteiger charge is -2.29. The van der Waals surface area contributed by atoms with Crippen LogP contribution in [0.5, 0.6) is 11.5 Å². The van der Waals surface area contributed by atoms with Crippen LogP contribution in [0.4, 0.5) is 0 Å². The lowest BCUT2D eigenvalue weighted by molar-refractivity contribution is -0.129. The summed E-state index contributed by atoms with van der Waals surface area (Å²) in [4.78, 5) is 27.7. The maximum atomic E-state index is 13.5. The van der Waals surface area contributed by atoms with E-state index in [-0.39, 0.29) is 17.9 Å². The Morgan fingerprint density at radius 3 is 2.59 bits per heavy atom. The zero-order chi connectivity index (χ0) is 20.4. The van der Waals surface area contributed by atoms with Crippen molar-refractivity contribution in [2.24, 2.45) is 0 Å². The smallest absolute Gasteiger partial charge is 0.232 e. The number of carbonyl (C=O) groups excluding carboxylic acids is 2. The van der Waals surface area contributed by atoms with Gasteiger partial charge in [0.25, 0.3) is 0 Å². The van der Waals surface area contributed by atoms with Crippen molar-refractivity contribution in [1.29, 1.82) is 0 Å². The van der Waals surface area contributed by atoms with Gasteiger partial charge in [-0.25, -0.2) is 0 Å². The Morgan fingerprint density at radius 2 is 1.90 bits per heavy atom. The molecule has 4 rings (SSSR count). The Hall–Kier alpha value is -3.02. The molecule has 2 aliphatic heterocycles. The van der Waals surface area contributed by atoms with E-state index in [0.717, 1.165) is 23.3 Å². The maximum Gasteiger partial charge on any atom is 0.232 e. The van der Waals surface area contributed by atoms with E-state index in [1.165, 1.54) is 0 Å². The third-order valence-corrected chi connectivity index (χ3v) is 6.15. The fourth-order valence-electron chi connectivity index (χ4n) is 4.50. The van der Waals surface area contributed by atoms with Crippen LogP contribution in [0.25, 0.3) is 0 Å². The highest BCUT2D eigenvalue weighted by molar-refractivity contribution is 5.91. The molecule has 2 fully saturated rings. The second-order valence-electron chi connectivity index (χ2n) is 7.76. The van der Waals surface area contributed by atoms with Crippen molar-refractivity contribution < 1.29 is 19.1 Å². The predicted molar refractivity (Wildman–Crippen MR) is 109 cm³/mol. The number of ether oxygens (including phenoxy) is 2. The maximum absolute atomic E-state index is 13.5. The fraction of sp³-hybridized carbons (Fsp3) is 0.391. The van der Waals surface area contributed by atoms with Gasteiger partial charge in [0.05, 0.1) is 19.6 Å². The zero-order valence-electron chi connectivity index (χ0n) is 16.8. The molecule has 6 heteroatoms. The van der Waals surface area contributed by atoms with Crippen molar-refractivity contribution in [3.8, 4) is 11.5 Å². The van der Waals surface area contributed by atoms with Crippen molar-refractivity contribution in [3.05, 3.63) is 59.7 Å². The third kappa shape index (κ3) is 3.55. The van der Waals surface area contributed by atoms with Gasteiger partial charge in [0.1, 0.15) is 11.5 Å². The van der Waals surface area contributed by atoms with E-state index >= 15 is 0 Å². The van der Waals surface area contributed by atoms with E-state index in [1.807, 2.05) is 53.4 Å². The van der Waals surface area contributed by atoms with Crippen molar-refractivity contribution in [3.63, 3.8) is 0 Å². The van der Waals surface area contributed by atoms with E-state index in [9.17, 15) is 9.59 Å². The lowest BCUT2D eigenvalue weighted by Crippen LogP contribution is -2.46. The molecule has 1 N–H and O–H groups in total. The van der Waals surface area contributed by atoms with Gasteiger partial charge in [-0.05, 0) is 48.2 Å². The van der Waals surface area contributed by atoms with Crippen molar-refractivity contribution in [2.75, 3.05) is 20.8 Å². The van der Waals surface area contributed by atoms with Crippen LogP contribution < -0.4 is 14.8 Å². The fourth-order valence-corrected chi connectivity index (χ4v) is 4.50. The minimum absolute atomic E-state index is 0.0521. The molecular weight excluding hydrogens is 368 g/mol. The highest BCUT2D eigenvalue weighted by Crippen LogP contribution is 2.43. The minimum atomic E-state index is -0.762. The van der Waals surface area contributed by atoms with Crippen LogP contribution in [0.2, 0.25) is 0 Å². The molecule has 29 heavy (non-hydrogen) atoms. The molecule has 2 atom stereocenters. The van der Waals surface area contributed by atoms with Gasteiger partial charge in [0.2, 0.25) is 11.8 Å². The summed E-state index contributed by atoms with van der Waals surface area (Å²) >= 11 is 0. The molecule has 2 aromatic rings. The highest BCUT2D eigenvalue weighted by atomic mass is 16.5. The summed E-state index contributed by atoms with van der Waals surface area (Å²) in [6.07, 6.45) is 2.03. The van der Waals surface area contributed by atoms with Crippen molar-refractivity contribution in [1.82, 2.24) is 10.2 Å². The topological polar surface area (TPSA) is 67.9 Å². The van der Waals surface area contributed by atoms with Crippen molar-refractivity contribution >= 4 is 11.8 Å². The minimum Gasteiger partial charge on any atom is -0.497 e. The van der Waals surface area contributed by atoms with Gasteiger partial charge in [-0.3, -0.25) is 9.59 Å². The van der Waals surface area contributed by atoms with Gasteiger partial charge in [-0.15, -0.1) is 0 Å². The van der Waals surface area contributed by atoms with E-state index in [4.69, 9.17) is 9.47 Å². The highest BCUT2D eigenvalue weighted by Gasteiger charge is 2.53. The molecule has 2 unspecified atom stereocenters. The van der Waals surface area contributed by atoms with E-state index in [2.05, 4.69) is 5.32 Å². The predicted octanol–water partition coefficient (Wildman–Crippen LogP) is 2.65. The molecule has 2 amide bonds. The molecule has 0 bridgehead atoms. The molecule has 152 valence electrons. The summed E-state index contributed by atoms with van der Waals surface area (Å²) in [5.74, 6) is 1.58. The first kappa shape index (κ1) is 19.3. The molecule has 2 aromatic carbocycles. The Kier molecular flexibility index (Phi) is 5.18. The molecule has 0 spiro atoms. The number of methoxy groups -OCH3 is 2. The number of amides is 2. The summed E-state index contributed by atoms with van der Waals surface area (Å²) < 4.78 is 10.6. The number of rotatable bonds is 6. The standard InChI is InChI=1S/C23H26N2O4/c1-28-19-9-6-16(7-10-19)14-24-22(27)23(17-4-3-5-20(12-17)29-2)13-18-8-11-21(26)25(18)15-23/h3-7,9-10,12,18H,8,11,13-15H2,1-2H3,(H,24,27). The van der Waals surface area contributed by atoms with Crippen LogP contribution in [0, 0.1) is 0 Å². The average molecular weight is 394 g/mol. The van der Waals surface area contributed by atoms with Crippen LogP contribution in [0.1, 0.15) is 30.4 Å². The largest absolute Gasteiger partial charge is 0.497 e. The number of fused-ring (bicyclic) bond motifs is 1. The summed E-state index contributed by atoms with van der Waals surface area (Å²) in [7, 11) is 3.24. The summed E-state index contributed by atoms with van der Waals surface area (Å²) in [6, 6.07) is 15.4. The van der Waals surface area contributed by atoms with Crippen molar-refractivity contribution in [2.45, 2.75) is 37.3 Å². The molecule has 0 aliphatic carbocycles. The van der Waals surface area contributed by atoms with Crippen LogP contribution in [-0.2, 0) is 21.5 Å². The number of hydrogen-bond donors (Lipinski definition) is 1. The lowest BCUT2D eigenvalue weighted by atomic mass is 9.76. The second kappa shape index (κ2) is 7.78. The van der Waals surface area contributed by atoms with Crippen LogP contribution in [-0.4, -0.2) is 43.5 Å². The quantitative estimate of drug-likeness (QED) is 0.818. The number of nitrogens with one attached hydrogen (secondary N) is 1. The SMILES string of the molecule is COc1ccc(CNC(=O)C2(c3cccc(OC)c3)CC3CCC(=O)N3C2)cc1. The van der Waals surface area contributed by atoms with Gasteiger partial charge in [-0.2, -0.15) is 0 Å². The molecule has 0 aromatic heterocycles. The zero-order valence-corrected chi connectivity index (χ0v) is 16.8. The van der Waals surface area contributed by atoms with Gasteiger partial charge < -0.3 is 19.7 Å². The molecule has 6 nitrogen and oxygen atoms in total. The molecule has 0 saturated carbocycles. The van der Waals surface area contributed by atoms with Gasteiger partial charge in [-0.1, -0.05) is 24.3 Å². The monoisotopic (exact) mass is 394 g/mol. The van der Waals surface area contributed by atoms with Gasteiger partial charge in [0.15, 0.2) is 0 Å². The Morgan fingerprint density at radius 1 is 1.14 bits per heavy atom. The number of nitrogens with zero attached hydrogens (tertiary/aromatic N) is 1. The Balaban J connectivity index is 1.59. The van der Waals surface area contributed by atoms with Gasteiger partial charge >= 0.3 is 0 Å². The summed E-state index contributed by atoms with van der Waals surface area (Å²) in [5, 5.41) is 3.10. The van der Waals surface area contributed by atoms with E-state index in [0.29, 0.717) is 31.7 Å². The molecule has 2 aliphatic rings. The number of carbonyl (C=O) groups is 2. The first-order chi connectivity index (χ1) is 14.1. The van der Waals surface area contributed by atoms with Crippen LogP contribution in [0.15, 0.2) is 48.5 Å². The number of hydrogen-bond acceptors (Lipinski definition) is 4. The van der Waals surface area contributed by atoms with E-state index < -0.39 is 5.41 Å². The second-order valence-corrected chi connectivity index (χ2v) is 7.76. The number of benzene rings is 2. The molecule has 2 saturated heterocycles.